The maximum Gasteiger partial charge on any atom is 0.357 e. The third-order valence-electron chi connectivity index (χ3n) is 5.32. The molecule has 0 bridgehead atoms. The van der Waals surface area contributed by atoms with Crippen LogP contribution in [0.4, 0.5) is 0 Å². The zero-order valence-electron chi connectivity index (χ0n) is 17.3. The molecule has 0 atom stereocenters. The summed E-state index contributed by atoms with van der Waals surface area (Å²) >= 11 is 6.04. The van der Waals surface area contributed by atoms with Gasteiger partial charge in [0.25, 0.3) is 0 Å². The lowest BCUT2D eigenvalue weighted by Crippen LogP contribution is -2.47. The number of amides is 1. The third kappa shape index (κ3) is 5.25. The summed E-state index contributed by atoms with van der Waals surface area (Å²) in [6, 6.07) is 17.2. The van der Waals surface area contributed by atoms with Gasteiger partial charge in [0.2, 0.25) is 11.8 Å². The van der Waals surface area contributed by atoms with Crippen molar-refractivity contribution in [3.05, 3.63) is 94.7 Å². The van der Waals surface area contributed by atoms with E-state index < -0.39 is 5.97 Å². The van der Waals surface area contributed by atoms with E-state index in [0.717, 1.165) is 23.0 Å². The molecule has 32 heavy (non-hydrogen) atoms. The summed E-state index contributed by atoms with van der Waals surface area (Å²) in [4.78, 5) is 31.9. The van der Waals surface area contributed by atoms with Crippen molar-refractivity contribution >= 4 is 29.1 Å². The van der Waals surface area contributed by atoms with Gasteiger partial charge in [-0.3, -0.25) is 9.69 Å². The number of piperazine rings is 1. The summed E-state index contributed by atoms with van der Waals surface area (Å²) in [5.74, 6) is -0.809. The van der Waals surface area contributed by atoms with Crippen LogP contribution in [-0.4, -0.2) is 57.9 Å². The van der Waals surface area contributed by atoms with Crippen LogP contribution in [0.5, 0.6) is 0 Å². The summed E-state index contributed by atoms with van der Waals surface area (Å²) in [5.41, 5.74) is 2.62. The second kappa shape index (κ2) is 9.80. The Hall–Kier alpha value is -3.42. The van der Waals surface area contributed by atoms with Crippen LogP contribution in [0, 0.1) is 0 Å². The molecular formula is C24H22ClN3O4. The summed E-state index contributed by atoms with van der Waals surface area (Å²) in [6.07, 6.45) is 2.82. The lowest BCUT2D eigenvalue weighted by molar-refractivity contribution is -0.127. The summed E-state index contributed by atoms with van der Waals surface area (Å²) in [7, 11) is 0. The first kappa shape index (κ1) is 21.8. The number of carboxylic acids is 1. The van der Waals surface area contributed by atoms with E-state index >= 15 is 0 Å². The van der Waals surface area contributed by atoms with Gasteiger partial charge in [0, 0.05) is 37.3 Å². The smallest absolute Gasteiger partial charge is 0.357 e. The Kier molecular flexibility index (Phi) is 6.68. The first-order valence-electron chi connectivity index (χ1n) is 10.2. The van der Waals surface area contributed by atoms with Crippen molar-refractivity contribution < 1.29 is 19.1 Å². The number of aromatic carboxylic acids is 1. The molecule has 164 valence electrons. The van der Waals surface area contributed by atoms with Crippen LogP contribution in [0.3, 0.4) is 0 Å². The second-order valence-corrected chi connectivity index (χ2v) is 7.90. The second-order valence-electron chi connectivity index (χ2n) is 7.46. The summed E-state index contributed by atoms with van der Waals surface area (Å²) in [6.45, 7) is 2.82. The Labute approximate surface area is 190 Å². The van der Waals surface area contributed by atoms with E-state index in [-0.39, 0.29) is 11.6 Å². The van der Waals surface area contributed by atoms with Gasteiger partial charge >= 0.3 is 5.97 Å². The number of oxazole rings is 1. The van der Waals surface area contributed by atoms with Crippen molar-refractivity contribution in [2.45, 2.75) is 6.54 Å². The molecule has 2 aromatic carbocycles. The zero-order valence-corrected chi connectivity index (χ0v) is 18.0. The monoisotopic (exact) mass is 451 g/mol. The third-order valence-corrected chi connectivity index (χ3v) is 5.57. The van der Waals surface area contributed by atoms with Gasteiger partial charge < -0.3 is 14.4 Å². The number of hydrogen-bond acceptors (Lipinski definition) is 5. The summed E-state index contributed by atoms with van der Waals surface area (Å²) in [5, 5.41) is 9.60. The first-order valence-corrected chi connectivity index (χ1v) is 10.6. The molecule has 1 N–H and O–H groups in total. The molecule has 0 radical (unpaired) electrons. The van der Waals surface area contributed by atoms with Crippen LogP contribution in [0.15, 0.2) is 71.4 Å². The molecular weight excluding hydrogens is 430 g/mol. The van der Waals surface area contributed by atoms with Crippen LogP contribution >= 0.6 is 11.6 Å². The number of carbonyl (C=O) groups excluding carboxylic acids is 1. The maximum atomic E-state index is 13.1. The lowest BCUT2D eigenvalue weighted by atomic mass is 9.97. The molecule has 0 saturated carbocycles. The first-order chi connectivity index (χ1) is 15.5. The van der Waals surface area contributed by atoms with Crippen molar-refractivity contribution in [3.8, 4) is 0 Å². The Morgan fingerprint density at radius 3 is 2.28 bits per heavy atom. The minimum Gasteiger partial charge on any atom is -0.476 e. The van der Waals surface area contributed by atoms with E-state index in [1.807, 2.05) is 59.5 Å². The molecule has 1 aromatic heterocycles. The Morgan fingerprint density at radius 1 is 1.00 bits per heavy atom. The van der Waals surface area contributed by atoms with Gasteiger partial charge in [-0.05, 0) is 28.8 Å². The van der Waals surface area contributed by atoms with Crippen molar-refractivity contribution in [2.75, 3.05) is 26.2 Å². The zero-order chi connectivity index (χ0) is 22.5. The van der Waals surface area contributed by atoms with Gasteiger partial charge in [-0.15, -0.1) is 0 Å². The minimum absolute atomic E-state index is 0.0530. The molecule has 2 heterocycles. The van der Waals surface area contributed by atoms with Crippen LogP contribution in [0.1, 0.15) is 27.5 Å². The highest BCUT2D eigenvalue weighted by molar-refractivity contribution is 6.30. The largest absolute Gasteiger partial charge is 0.476 e. The molecule has 8 heteroatoms. The van der Waals surface area contributed by atoms with Gasteiger partial charge in [0.1, 0.15) is 6.26 Å². The number of rotatable bonds is 6. The molecule has 1 saturated heterocycles. The van der Waals surface area contributed by atoms with Gasteiger partial charge in [-0.1, -0.05) is 54.1 Å². The van der Waals surface area contributed by atoms with Crippen molar-refractivity contribution in [2.24, 2.45) is 0 Å². The highest BCUT2D eigenvalue weighted by Crippen LogP contribution is 2.25. The highest BCUT2D eigenvalue weighted by Gasteiger charge is 2.22. The van der Waals surface area contributed by atoms with Crippen LogP contribution in [-0.2, 0) is 11.3 Å². The lowest BCUT2D eigenvalue weighted by Gasteiger charge is -2.33. The van der Waals surface area contributed by atoms with Gasteiger partial charge in [0.15, 0.2) is 5.69 Å². The standard InChI is InChI=1S/C24H22ClN3O4/c25-19-8-6-18(7-9-19)20(17-4-2-1-3-5-17)14-23(29)28-12-10-27(11-13-28)15-22-26-21(16-32-22)24(30)31/h1-9,14,16H,10-13,15H2,(H,30,31)/b20-14-. The quantitative estimate of drug-likeness (QED) is 0.573. The van der Waals surface area contributed by atoms with Crippen LogP contribution in [0.2, 0.25) is 5.02 Å². The van der Waals surface area contributed by atoms with Gasteiger partial charge in [0.05, 0.1) is 6.54 Å². The van der Waals surface area contributed by atoms with Gasteiger partial charge in [-0.2, -0.15) is 0 Å². The predicted octanol–water partition coefficient (Wildman–Crippen LogP) is 3.80. The Bertz CT molecular complexity index is 1120. The van der Waals surface area contributed by atoms with Crippen LogP contribution in [0.25, 0.3) is 5.57 Å². The van der Waals surface area contributed by atoms with Crippen molar-refractivity contribution in [1.82, 2.24) is 14.8 Å². The molecule has 1 aliphatic heterocycles. The normalized spacial score (nSPS) is 15.0. The fourth-order valence-corrected chi connectivity index (χ4v) is 3.72. The van der Waals surface area contributed by atoms with E-state index in [1.165, 1.54) is 0 Å². The molecule has 1 aliphatic rings. The maximum absolute atomic E-state index is 13.1. The topological polar surface area (TPSA) is 86.9 Å². The minimum atomic E-state index is -1.11. The molecule has 0 spiro atoms. The van der Waals surface area contributed by atoms with Crippen molar-refractivity contribution in [3.63, 3.8) is 0 Å². The Balaban J connectivity index is 1.44. The highest BCUT2D eigenvalue weighted by atomic mass is 35.5. The number of benzene rings is 2. The molecule has 7 nitrogen and oxygen atoms in total. The number of halogens is 1. The summed E-state index contributed by atoms with van der Waals surface area (Å²) < 4.78 is 5.23. The number of hydrogen-bond donors (Lipinski definition) is 1. The number of carbonyl (C=O) groups is 2. The molecule has 0 unspecified atom stereocenters. The number of aromatic nitrogens is 1. The van der Waals surface area contributed by atoms with E-state index in [9.17, 15) is 9.59 Å². The average Bonchev–Trinajstić information content (AvgIpc) is 3.28. The van der Waals surface area contributed by atoms with Crippen molar-refractivity contribution in [1.29, 1.82) is 0 Å². The molecule has 1 fully saturated rings. The van der Waals surface area contributed by atoms with E-state index in [0.29, 0.717) is 43.6 Å². The fourth-order valence-electron chi connectivity index (χ4n) is 3.59. The van der Waals surface area contributed by atoms with E-state index in [2.05, 4.69) is 9.88 Å². The van der Waals surface area contributed by atoms with E-state index in [1.54, 1.807) is 6.08 Å². The average molecular weight is 452 g/mol. The molecule has 4 rings (SSSR count). The molecule has 3 aromatic rings. The molecule has 1 amide bonds. The van der Waals surface area contributed by atoms with Crippen LogP contribution < -0.4 is 0 Å². The predicted molar refractivity (Wildman–Crippen MR) is 120 cm³/mol. The Morgan fingerprint density at radius 2 is 1.66 bits per heavy atom. The van der Waals surface area contributed by atoms with Gasteiger partial charge in [-0.25, -0.2) is 9.78 Å². The number of carboxylic acid groups (broad SMARTS) is 1. The van der Waals surface area contributed by atoms with E-state index in [4.69, 9.17) is 21.1 Å². The number of nitrogens with zero attached hydrogens (tertiary/aromatic N) is 3. The molecule has 0 aliphatic carbocycles. The SMILES string of the molecule is O=C(O)c1coc(CN2CCN(C(=O)/C=C(/c3ccccc3)c3ccc(Cl)cc3)CC2)n1. The fraction of sp³-hybridized carbons (Fsp3) is 0.208.